The Labute approximate surface area is 143 Å². The molecule has 0 unspecified atom stereocenters. The minimum atomic E-state index is -5.05. The zero-order valence-electron chi connectivity index (χ0n) is 12.1. The van der Waals surface area contributed by atoms with E-state index in [2.05, 4.69) is 15.0 Å². The molecular weight excluding hydrogens is 366 g/mol. The first-order chi connectivity index (χ1) is 11.8. The van der Waals surface area contributed by atoms with E-state index in [1.165, 1.54) is 18.2 Å². The summed E-state index contributed by atoms with van der Waals surface area (Å²) in [5.41, 5.74) is 7.34. The highest BCUT2D eigenvalue weighted by Gasteiger charge is 2.36. The predicted octanol–water partition coefficient (Wildman–Crippen LogP) is 5.50. The van der Waals surface area contributed by atoms with Crippen LogP contribution in [0, 0.1) is 5.82 Å². The molecule has 0 bridgehead atoms. The molecule has 0 aromatic heterocycles. The maximum atomic E-state index is 13.9. The van der Waals surface area contributed by atoms with Crippen molar-refractivity contribution >= 4 is 28.8 Å². The van der Waals surface area contributed by atoms with E-state index in [1.54, 1.807) is 11.5 Å². The molecule has 0 aliphatic heterocycles. The van der Waals surface area contributed by atoms with Crippen LogP contribution in [0.5, 0.6) is 0 Å². The number of benzene rings is 2. The van der Waals surface area contributed by atoms with Crippen LogP contribution in [0.4, 0.5) is 28.9 Å². The van der Waals surface area contributed by atoms with Gasteiger partial charge < -0.3 is 0 Å². The van der Waals surface area contributed by atoms with E-state index < -0.39 is 29.1 Å². The van der Waals surface area contributed by atoms with Crippen molar-refractivity contribution in [1.29, 1.82) is 0 Å². The zero-order chi connectivity index (χ0) is 18.6. The Morgan fingerprint density at radius 2 is 1.96 bits per heavy atom. The van der Waals surface area contributed by atoms with Crippen LogP contribution in [0.25, 0.3) is 10.4 Å². The summed E-state index contributed by atoms with van der Waals surface area (Å²) in [6.07, 6.45) is -5.05. The molecular formula is C14H8ClF4N5O. The van der Waals surface area contributed by atoms with Crippen molar-refractivity contribution in [2.45, 2.75) is 6.18 Å². The summed E-state index contributed by atoms with van der Waals surface area (Å²) in [6, 6.07) is 7.20. The largest absolute Gasteiger partial charge is 0.419 e. The Morgan fingerprint density at radius 1 is 1.24 bits per heavy atom. The highest BCUT2D eigenvalue weighted by molar-refractivity contribution is 6.30. The van der Waals surface area contributed by atoms with E-state index in [4.69, 9.17) is 17.1 Å². The van der Waals surface area contributed by atoms with Crippen LogP contribution in [0.15, 0.2) is 46.5 Å². The van der Waals surface area contributed by atoms with E-state index in [0.29, 0.717) is 11.1 Å². The summed E-state index contributed by atoms with van der Waals surface area (Å²) in [6.45, 7) is 0. The zero-order valence-corrected chi connectivity index (χ0v) is 12.8. The number of alkyl halides is 3. The lowest BCUT2D eigenvalue weighted by Crippen LogP contribution is -2.21. The fourth-order valence-electron chi connectivity index (χ4n) is 1.90. The smallest absolute Gasteiger partial charge is 0.290 e. The molecule has 0 spiro atoms. The summed E-state index contributed by atoms with van der Waals surface area (Å²) >= 11 is 5.78. The monoisotopic (exact) mass is 373 g/mol. The molecule has 0 atom stereocenters. The van der Waals surface area contributed by atoms with Gasteiger partial charge in [0, 0.05) is 15.5 Å². The average molecular weight is 374 g/mol. The third kappa shape index (κ3) is 4.38. The molecule has 0 saturated carbocycles. The van der Waals surface area contributed by atoms with Crippen molar-refractivity contribution in [3.05, 3.63) is 68.8 Å². The van der Waals surface area contributed by atoms with Gasteiger partial charge in [-0.3, -0.25) is 10.7 Å². The lowest BCUT2D eigenvalue weighted by Gasteiger charge is -2.13. The first kappa shape index (κ1) is 18.5. The van der Waals surface area contributed by atoms with Gasteiger partial charge in [-0.15, -0.1) is 0 Å². The topological polar surface area (TPSA) is 93.4 Å². The molecule has 0 heterocycles. The Morgan fingerprint density at radius 3 is 2.52 bits per heavy atom. The van der Waals surface area contributed by atoms with E-state index in [-0.39, 0.29) is 11.3 Å². The van der Waals surface area contributed by atoms with Gasteiger partial charge in [-0.1, -0.05) is 22.8 Å². The van der Waals surface area contributed by atoms with E-state index >= 15 is 0 Å². The number of rotatable bonds is 3. The van der Waals surface area contributed by atoms with Crippen LogP contribution in [-0.2, 0) is 6.18 Å². The van der Waals surface area contributed by atoms with Gasteiger partial charge in [0.2, 0.25) is 0 Å². The quantitative estimate of drug-likeness (QED) is 0.141. The average Bonchev–Trinajstić information content (AvgIpc) is 2.54. The Hall–Kier alpha value is -2.81. The molecule has 2 aromatic carbocycles. The first-order valence-electron chi connectivity index (χ1n) is 6.47. The molecule has 2 N–H and O–H groups in total. The molecule has 6 nitrogen and oxygen atoms in total. The van der Waals surface area contributed by atoms with Crippen molar-refractivity contribution in [2.24, 2.45) is 10.1 Å². The van der Waals surface area contributed by atoms with Gasteiger partial charge in [0.25, 0.3) is 0 Å². The maximum Gasteiger partial charge on any atom is 0.419 e. The van der Waals surface area contributed by atoms with Crippen molar-refractivity contribution < 1.29 is 22.8 Å². The SMILES string of the molecule is [N-]=[N+]=Nc1cc(C(=Nc2cccc(Cl)c2)NO)cc(C(F)(F)F)c1F. The number of amidine groups is 1. The van der Waals surface area contributed by atoms with Gasteiger partial charge in [-0.05, 0) is 35.9 Å². The Balaban J connectivity index is 2.66. The second kappa shape index (κ2) is 7.39. The molecule has 0 aliphatic rings. The van der Waals surface area contributed by atoms with Gasteiger partial charge in [-0.25, -0.2) is 9.38 Å². The van der Waals surface area contributed by atoms with Gasteiger partial charge in [-0.2, -0.15) is 13.2 Å². The standard InChI is InChI=1S/C14H8ClF4N5O/c15-8-2-1-3-9(6-8)21-13(23-25)7-4-10(14(17,18)19)12(16)11(5-7)22-24-20/h1-6,25H,(H,21,23). The number of nitrogens with zero attached hydrogens (tertiary/aromatic N) is 4. The first-order valence-corrected chi connectivity index (χ1v) is 6.84. The van der Waals surface area contributed by atoms with Crippen molar-refractivity contribution in [2.75, 3.05) is 0 Å². The Bertz CT molecular complexity index is 878. The number of aliphatic imine (C=N–C) groups is 1. The molecule has 11 heteroatoms. The van der Waals surface area contributed by atoms with Gasteiger partial charge in [0.15, 0.2) is 5.84 Å². The molecule has 0 radical (unpaired) electrons. The normalized spacial score (nSPS) is 11.8. The van der Waals surface area contributed by atoms with Crippen LogP contribution in [0.1, 0.15) is 11.1 Å². The molecule has 130 valence electrons. The molecule has 2 rings (SSSR count). The number of hydroxylamine groups is 1. The van der Waals surface area contributed by atoms with E-state index in [9.17, 15) is 22.8 Å². The minimum Gasteiger partial charge on any atom is -0.290 e. The summed E-state index contributed by atoms with van der Waals surface area (Å²) in [7, 11) is 0. The van der Waals surface area contributed by atoms with E-state index in [1.807, 2.05) is 0 Å². The van der Waals surface area contributed by atoms with Crippen LogP contribution in [0.2, 0.25) is 5.02 Å². The molecule has 0 amide bonds. The number of hydrogen-bond acceptors (Lipinski definition) is 3. The number of halogens is 5. The molecule has 25 heavy (non-hydrogen) atoms. The van der Waals surface area contributed by atoms with Gasteiger partial charge in [0.05, 0.1) is 16.9 Å². The molecule has 2 aromatic rings. The number of hydrogen-bond donors (Lipinski definition) is 2. The fourth-order valence-corrected chi connectivity index (χ4v) is 2.09. The van der Waals surface area contributed by atoms with Crippen LogP contribution < -0.4 is 5.48 Å². The second-order valence-corrected chi connectivity index (χ2v) is 5.03. The van der Waals surface area contributed by atoms with Gasteiger partial charge >= 0.3 is 6.18 Å². The number of azide groups is 1. The third-order valence-corrected chi connectivity index (χ3v) is 3.17. The summed E-state index contributed by atoms with van der Waals surface area (Å²) in [5.74, 6) is -2.16. The highest BCUT2D eigenvalue weighted by Crippen LogP contribution is 2.36. The van der Waals surface area contributed by atoms with Crippen LogP contribution >= 0.6 is 11.6 Å². The predicted molar refractivity (Wildman–Crippen MR) is 82.8 cm³/mol. The lowest BCUT2D eigenvalue weighted by molar-refractivity contribution is -0.139. The highest BCUT2D eigenvalue weighted by atomic mass is 35.5. The Kier molecular flexibility index (Phi) is 5.48. The summed E-state index contributed by atoms with van der Waals surface area (Å²) in [4.78, 5) is 6.20. The van der Waals surface area contributed by atoms with Crippen molar-refractivity contribution in [3.63, 3.8) is 0 Å². The summed E-state index contributed by atoms with van der Waals surface area (Å²) < 4.78 is 52.8. The molecule has 0 saturated heterocycles. The summed E-state index contributed by atoms with van der Waals surface area (Å²) in [5, 5.41) is 12.4. The maximum absolute atomic E-state index is 13.9. The number of nitrogens with one attached hydrogen (secondary N) is 1. The van der Waals surface area contributed by atoms with Gasteiger partial charge in [0.1, 0.15) is 5.82 Å². The van der Waals surface area contributed by atoms with Crippen molar-refractivity contribution in [3.8, 4) is 0 Å². The fraction of sp³-hybridized carbons (Fsp3) is 0.0714. The van der Waals surface area contributed by atoms with Crippen LogP contribution in [0.3, 0.4) is 0 Å². The minimum absolute atomic E-state index is 0.215. The van der Waals surface area contributed by atoms with Crippen molar-refractivity contribution in [1.82, 2.24) is 5.48 Å². The van der Waals surface area contributed by atoms with Crippen LogP contribution in [-0.4, -0.2) is 11.0 Å². The van der Waals surface area contributed by atoms with E-state index in [0.717, 1.165) is 6.07 Å². The second-order valence-electron chi connectivity index (χ2n) is 4.60. The molecule has 0 aliphatic carbocycles. The lowest BCUT2D eigenvalue weighted by atomic mass is 10.1. The molecule has 0 fully saturated rings. The third-order valence-electron chi connectivity index (χ3n) is 2.94.